The van der Waals surface area contributed by atoms with Crippen molar-refractivity contribution in [2.75, 3.05) is 5.32 Å². The van der Waals surface area contributed by atoms with E-state index in [1.165, 1.54) is 0 Å². The van der Waals surface area contributed by atoms with Crippen molar-refractivity contribution in [3.63, 3.8) is 0 Å². The first-order chi connectivity index (χ1) is 12.7. The van der Waals surface area contributed by atoms with Crippen LogP contribution in [-0.4, -0.2) is 30.9 Å². The summed E-state index contributed by atoms with van der Waals surface area (Å²) in [7, 11) is 0. The van der Waals surface area contributed by atoms with Gasteiger partial charge in [0, 0.05) is 17.4 Å². The summed E-state index contributed by atoms with van der Waals surface area (Å²) in [5, 5.41) is 14.1. The third-order valence-electron chi connectivity index (χ3n) is 3.82. The largest absolute Gasteiger partial charge is 0.321 e. The zero-order chi connectivity index (χ0) is 17.9. The molecule has 0 aliphatic carbocycles. The molecule has 0 atom stereocenters. The number of hydrogen-bond donors (Lipinski definition) is 2. The van der Waals surface area contributed by atoms with Crippen molar-refractivity contribution in [3.05, 3.63) is 78.4 Å². The fraction of sp³-hybridized carbons (Fsp3) is 0.0526. The van der Waals surface area contributed by atoms with Crippen LogP contribution >= 0.6 is 0 Å². The Kier molecular flexibility index (Phi) is 4.03. The molecule has 0 unspecified atom stereocenters. The highest BCUT2D eigenvalue weighted by Crippen LogP contribution is 2.19. The van der Waals surface area contributed by atoms with Gasteiger partial charge in [0.25, 0.3) is 5.91 Å². The summed E-state index contributed by atoms with van der Waals surface area (Å²) < 4.78 is 1.67. The number of rotatable bonds is 4. The SMILES string of the molecule is Cc1nc(-c2cccc(NC(=O)c3ccn(-c4ccccc4)n3)c2)n[nH]1. The molecule has 0 aliphatic heterocycles. The Morgan fingerprint density at radius 3 is 2.69 bits per heavy atom. The average Bonchev–Trinajstić information content (AvgIpc) is 3.32. The van der Waals surface area contributed by atoms with Gasteiger partial charge in [-0.15, -0.1) is 0 Å². The van der Waals surface area contributed by atoms with Gasteiger partial charge in [-0.25, -0.2) is 9.67 Å². The molecule has 0 bridgehead atoms. The van der Waals surface area contributed by atoms with Crippen LogP contribution in [0.2, 0.25) is 0 Å². The molecule has 2 heterocycles. The van der Waals surface area contributed by atoms with Gasteiger partial charge < -0.3 is 5.32 Å². The lowest BCUT2D eigenvalue weighted by Gasteiger charge is -2.05. The first kappa shape index (κ1) is 15.8. The number of nitrogens with one attached hydrogen (secondary N) is 2. The van der Waals surface area contributed by atoms with Crippen LogP contribution in [0, 0.1) is 6.92 Å². The molecule has 0 fully saturated rings. The number of anilines is 1. The molecule has 0 saturated heterocycles. The third kappa shape index (κ3) is 3.23. The summed E-state index contributed by atoms with van der Waals surface area (Å²) in [5.74, 6) is 1.05. The number of nitrogens with zero attached hydrogens (tertiary/aromatic N) is 4. The summed E-state index contributed by atoms with van der Waals surface area (Å²) >= 11 is 0. The van der Waals surface area contributed by atoms with Gasteiger partial charge in [-0.05, 0) is 37.3 Å². The van der Waals surface area contributed by atoms with Gasteiger partial charge in [0.1, 0.15) is 5.82 Å². The topological polar surface area (TPSA) is 88.5 Å². The molecular formula is C19H16N6O. The zero-order valence-electron chi connectivity index (χ0n) is 14.0. The van der Waals surface area contributed by atoms with E-state index in [2.05, 4.69) is 25.6 Å². The van der Waals surface area contributed by atoms with E-state index in [4.69, 9.17) is 0 Å². The van der Waals surface area contributed by atoms with Crippen molar-refractivity contribution in [3.8, 4) is 17.1 Å². The Bertz CT molecular complexity index is 1050. The molecule has 4 rings (SSSR count). The molecule has 2 N–H and O–H groups in total. The number of aryl methyl sites for hydroxylation is 1. The predicted octanol–water partition coefficient (Wildman–Crippen LogP) is 3.22. The Labute approximate surface area is 149 Å². The lowest BCUT2D eigenvalue weighted by atomic mass is 10.2. The van der Waals surface area contributed by atoms with Crippen molar-refractivity contribution < 1.29 is 4.79 Å². The van der Waals surface area contributed by atoms with Crippen molar-refractivity contribution in [1.29, 1.82) is 0 Å². The Morgan fingerprint density at radius 1 is 1.08 bits per heavy atom. The maximum absolute atomic E-state index is 12.5. The number of aromatic nitrogens is 5. The molecule has 0 spiro atoms. The molecule has 2 aromatic heterocycles. The normalized spacial score (nSPS) is 10.7. The lowest BCUT2D eigenvalue weighted by molar-refractivity contribution is 0.102. The number of hydrogen-bond acceptors (Lipinski definition) is 4. The third-order valence-corrected chi connectivity index (χ3v) is 3.82. The summed E-state index contributed by atoms with van der Waals surface area (Å²) in [5.41, 5.74) is 2.72. The second-order valence-corrected chi connectivity index (χ2v) is 5.76. The first-order valence-electron chi connectivity index (χ1n) is 8.11. The van der Waals surface area contributed by atoms with Crippen LogP contribution in [-0.2, 0) is 0 Å². The van der Waals surface area contributed by atoms with E-state index in [9.17, 15) is 4.79 Å². The molecule has 7 heteroatoms. The number of benzene rings is 2. The molecule has 0 aliphatic rings. The van der Waals surface area contributed by atoms with Crippen LogP contribution in [0.1, 0.15) is 16.3 Å². The van der Waals surface area contributed by atoms with Crippen LogP contribution in [0.15, 0.2) is 66.9 Å². The minimum Gasteiger partial charge on any atom is -0.321 e. The number of carbonyl (C=O) groups excluding carboxylic acids is 1. The van der Waals surface area contributed by atoms with E-state index in [0.717, 1.165) is 17.1 Å². The van der Waals surface area contributed by atoms with Crippen molar-refractivity contribution in [2.24, 2.45) is 0 Å². The molecule has 7 nitrogen and oxygen atoms in total. The second-order valence-electron chi connectivity index (χ2n) is 5.76. The van der Waals surface area contributed by atoms with Crippen LogP contribution in [0.5, 0.6) is 0 Å². The molecule has 2 aromatic carbocycles. The van der Waals surface area contributed by atoms with Gasteiger partial charge >= 0.3 is 0 Å². The van der Waals surface area contributed by atoms with Crippen molar-refractivity contribution in [1.82, 2.24) is 25.0 Å². The average molecular weight is 344 g/mol. The highest BCUT2D eigenvalue weighted by atomic mass is 16.1. The van der Waals surface area contributed by atoms with Gasteiger partial charge in [0.15, 0.2) is 11.5 Å². The molecular weight excluding hydrogens is 328 g/mol. The van der Waals surface area contributed by atoms with Gasteiger partial charge in [-0.1, -0.05) is 30.3 Å². The second kappa shape index (κ2) is 6.64. The molecule has 128 valence electrons. The summed E-state index contributed by atoms with van der Waals surface area (Å²) in [6.07, 6.45) is 1.76. The number of carbonyl (C=O) groups is 1. The van der Waals surface area contributed by atoms with E-state index in [-0.39, 0.29) is 5.91 Å². The Morgan fingerprint density at radius 2 is 1.92 bits per heavy atom. The molecule has 1 amide bonds. The van der Waals surface area contributed by atoms with Gasteiger partial charge in [-0.2, -0.15) is 10.2 Å². The fourth-order valence-electron chi connectivity index (χ4n) is 2.57. The van der Waals surface area contributed by atoms with E-state index in [0.29, 0.717) is 17.2 Å². The highest BCUT2D eigenvalue weighted by Gasteiger charge is 2.12. The quantitative estimate of drug-likeness (QED) is 0.595. The van der Waals surface area contributed by atoms with Crippen LogP contribution in [0.3, 0.4) is 0 Å². The van der Waals surface area contributed by atoms with Crippen LogP contribution in [0.25, 0.3) is 17.1 Å². The Hall–Kier alpha value is -3.74. The first-order valence-corrected chi connectivity index (χ1v) is 8.11. The smallest absolute Gasteiger partial charge is 0.276 e. The maximum atomic E-state index is 12.5. The molecule has 4 aromatic rings. The fourth-order valence-corrected chi connectivity index (χ4v) is 2.57. The van der Waals surface area contributed by atoms with E-state index in [1.807, 2.05) is 61.5 Å². The standard InChI is InChI=1S/C19H16N6O/c1-13-20-18(23-22-13)14-6-5-7-15(12-14)21-19(26)17-10-11-25(24-17)16-8-3-2-4-9-16/h2-12H,1H3,(H,21,26)(H,20,22,23). The van der Waals surface area contributed by atoms with Crippen LogP contribution in [0.4, 0.5) is 5.69 Å². The van der Waals surface area contributed by atoms with Crippen molar-refractivity contribution in [2.45, 2.75) is 6.92 Å². The zero-order valence-corrected chi connectivity index (χ0v) is 14.0. The summed E-state index contributed by atoms with van der Waals surface area (Å²) in [6, 6.07) is 18.7. The number of para-hydroxylation sites is 1. The van der Waals surface area contributed by atoms with Gasteiger partial charge in [0.2, 0.25) is 0 Å². The molecule has 0 radical (unpaired) electrons. The minimum atomic E-state index is -0.275. The van der Waals surface area contributed by atoms with Gasteiger partial charge in [0.05, 0.1) is 5.69 Å². The van der Waals surface area contributed by atoms with Crippen molar-refractivity contribution >= 4 is 11.6 Å². The molecule has 0 saturated carbocycles. The minimum absolute atomic E-state index is 0.275. The number of aromatic amines is 1. The van der Waals surface area contributed by atoms with E-state index in [1.54, 1.807) is 16.9 Å². The van der Waals surface area contributed by atoms with Gasteiger partial charge in [-0.3, -0.25) is 9.89 Å². The predicted molar refractivity (Wildman–Crippen MR) is 98.1 cm³/mol. The maximum Gasteiger partial charge on any atom is 0.276 e. The van der Waals surface area contributed by atoms with E-state index >= 15 is 0 Å². The monoisotopic (exact) mass is 344 g/mol. The summed E-state index contributed by atoms with van der Waals surface area (Å²) in [4.78, 5) is 16.8. The lowest BCUT2D eigenvalue weighted by Crippen LogP contribution is -2.13. The molecule has 26 heavy (non-hydrogen) atoms. The number of H-pyrrole nitrogens is 1. The van der Waals surface area contributed by atoms with Crippen LogP contribution < -0.4 is 5.32 Å². The van der Waals surface area contributed by atoms with E-state index < -0.39 is 0 Å². The number of amides is 1. The summed E-state index contributed by atoms with van der Waals surface area (Å²) in [6.45, 7) is 1.84. The highest BCUT2D eigenvalue weighted by molar-refractivity contribution is 6.03. The Balaban J connectivity index is 1.53.